The first-order chi connectivity index (χ1) is 30.3. The number of hydrogen-bond donors (Lipinski definition) is 0. The zero-order chi connectivity index (χ0) is 45.9. The molecule has 0 aliphatic carbocycles. The molecule has 0 nitrogen and oxygen atoms in total. The van der Waals surface area contributed by atoms with E-state index in [9.17, 15) is 8.22 Å². The van der Waals surface area contributed by atoms with Crippen LogP contribution in [0.4, 0.5) is 0 Å². The van der Waals surface area contributed by atoms with E-state index in [1.54, 1.807) is 54.6 Å². The van der Waals surface area contributed by atoms with Crippen LogP contribution in [0.1, 0.15) is 24.7 Å². The highest BCUT2D eigenvalue weighted by atomic mass is 14.2. The van der Waals surface area contributed by atoms with Crippen LogP contribution < -0.4 is 0 Å². The van der Waals surface area contributed by atoms with Crippen molar-refractivity contribution in [1.29, 1.82) is 0 Å². The van der Waals surface area contributed by atoms with E-state index in [-0.39, 0.29) is 54.6 Å². The lowest BCUT2D eigenvalue weighted by molar-refractivity contribution is 1.61. The summed E-state index contributed by atoms with van der Waals surface area (Å²) in [6, 6.07) is 6.82. The molecule has 0 heterocycles. The first kappa shape index (κ1) is 13.6. The van der Waals surface area contributed by atoms with Gasteiger partial charge in [0.15, 0.2) is 0 Å². The molecule has 0 saturated heterocycles. The molecule has 0 aliphatic rings. The number of hydrogen-bond acceptors (Lipinski definition) is 0. The fraction of sp³-hybridized carbons (Fsp3) is 0. The third kappa shape index (κ3) is 3.62. The van der Waals surface area contributed by atoms with Crippen LogP contribution in [0.15, 0.2) is 169 Å². The van der Waals surface area contributed by atoms with Gasteiger partial charge in [-0.3, -0.25) is 0 Å². The van der Waals surface area contributed by atoms with Crippen LogP contribution in [0.2, 0.25) is 0 Å². The molecule has 0 spiro atoms. The number of fused-ring (bicyclic) bond motifs is 4. The van der Waals surface area contributed by atoms with Crippen LogP contribution in [-0.2, 0) is 0 Å². The standard InChI is InChI=1S/C46H28/c1-2-10-29(11-3-1)34-15-9-16-35(28-34)43-37-18-6-7-19-38(37)46(45-36-17-5-4-12-30(36)22-27-41(43)45)40-26-24-33-21-20-31-13-8-14-32-23-25-39(40)44(33)42(31)32/h1-28H/i1D,2D,3D,8D,9D,10D,11D,13D,14D,15D,16D,20D,21D,23D,24D,25D,26D,28D. The van der Waals surface area contributed by atoms with E-state index in [0.717, 1.165) is 0 Å². The summed E-state index contributed by atoms with van der Waals surface area (Å²) in [5.74, 6) is 0. The van der Waals surface area contributed by atoms with Crippen molar-refractivity contribution < 1.29 is 24.7 Å². The maximum absolute atomic E-state index is 9.75. The maximum Gasteiger partial charge on any atom is 0.0636 e. The first-order valence-electron chi connectivity index (χ1n) is 23.6. The molecule has 0 radical (unpaired) electrons. The van der Waals surface area contributed by atoms with Gasteiger partial charge in [0, 0.05) is 0 Å². The Kier molecular flexibility index (Phi) is 2.88. The number of benzene rings is 10. The van der Waals surface area contributed by atoms with Crippen molar-refractivity contribution in [3.8, 4) is 33.4 Å². The highest BCUT2D eigenvalue weighted by Crippen LogP contribution is 2.49. The van der Waals surface area contributed by atoms with E-state index < -0.39 is 120 Å². The predicted octanol–water partition coefficient (Wildman–Crippen LogP) is 13.0. The first-order valence-corrected chi connectivity index (χ1v) is 14.6. The van der Waals surface area contributed by atoms with E-state index in [1.807, 2.05) is 6.07 Å². The lowest BCUT2D eigenvalue weighted by Crippen LogP contribution is -1.94. The van der Waals surface area contributed by atoms with Gasteiger partial charge in [-0.15, -0.1) is 0 Å². The van der Waals surface area contributed by atoms with E-state index in [1.165, 1.54) is 0 Å². The summed E-state index contributed by atoms with van der Waals surface area (Å²) in [4.78, 5) is 0. The van der Waals surface area contributed by atoms with Gasteiger partial charge in [0.05, 0.1) is 24.7 Å². The average molecular weight is 599 g/mol. The molecule has 0 N–H and O–H groups in total. The highest BCUT2D eigenvalue weighted by molar-refractivity contribution is 6.32. The van der Waals surface area contributed by atoms with Gasteiger partial charge >= 0.3 is 0 Å². The Bertz CT molecular complexity index is 3770. The zero-order valence-electron chi connectivity index (χ0n) is 41.8. The SMILES string of the molecule is [2H]c1c([2H])c([2H])c(-c2c([2H])c([2H])c([2H])c(-c3c4ccccc4c(-c4c([2H])c([2H])c5c([2H])c([2H])c6c([2H])c([2H])c([2H])c7c([2H])c([2H])c4c5c67)c4c3ccc3ccccc34)c2[2H])c([2H])c1[2H]. The number of rotatable bonds is 3. The molecule has 0 bridgehead atoms. The van der Waals surface area contributed by atoms with Crippen molar-refractivity contribution in [2.24, 2.45) is 0 Å². The van der Waals surface area contributed by atoms with Gasteiger partial charge < -0.3 is 0 Å². The molecule has 0 unspecified atom stereocenters. The Morgan fingerprint density at radius 3 is 1.78 bits per heavy atom. The van der Waals surface area contributed by atoms with Crippen LogP contribution in [0.3, 0.4) is 0 Å². The third-order valence-corrected chi connectivity index (χ3v) is 8.60. The van der Waals surface area contributed by atoms with Crippen LogP contribution >= 0.6 is 0 Å². The molecule has 0 fully saturated rings. The van der Waals surface area contributed by atoms with Gasteiger partial charge in [-0.2, -0.15) is 0 Å². The summed E-state index contributed by atoms with van der Waals surface area (Å²) >= 11 is 0. The van der Waals surface area contributed by atoms with E-state index in [0.29, 0.717) is 32.3 Å². The lowest BCUT2D eigenvalue weighted by Gasteiger charge is -2.21. The molecular formula is C46H28. The minimum absolute atomic E-state index is 0.0147. The summed E-state index contributed by atoms with van der Waals surface area (Å²) in [6.07, 6.45) is 0. The van der Waals surface area contributed by atoms with Crippen LogP contribution in [0, 0.1) is 0 Å². The molecule has 0 aliphatic heterocycles. The van der Waals surface area contributed by atoms with Crippen molar-refractivity contribution in [2.75, 3.05) is 0 Å². The van der Waals surface area contributed by atoms with E-state index >= 15 is 0 Å². The summed E-state index contributed by atoms with van der Waals surface area (Å²) in [6.45, 7) is 0. The second-order valence-corrected chi connectivity index (χ2v) is 11.0. The minimum atomic E-state index is -0.711. The Balaban J connectivity index is 1.48. The monoisotopic (exact) mass is 598 g/mol. The van der Waals surface area contributed by atoms with Crippen molar-refractivity contribution in [3.63, 3.8) is 0 Å². The molecule has 0 aromatic heterocycles. The Labute approximate surface area is 292 Å². The van der Waals surface area contributed by atoms with Gasteiger partial charge in [0.25, 0.3) is 0 Å². The van der Waals surface area contributed by atoms with E-state index in [2.05, 4.69) is 0 Å². The maximum atomic E-state index is 9.75. The smallest absolute Gasteiger partial charge is 0.0622 e. The molecule has 0 heteroatoms. The fourth-order valence-corrected chi connectivity index (χ4v) is 6.70. The van der Waals surface area contributed by atoms with Gasteiger partial charge in [-0.25, -0.2) is 0 Å². The van der Waals surface area contributed by atoms with Gasteiger partial charge in [0.1, 0.15) is 0 Å². The van der Waals surface area contributed by atoms with Crippen LogP contribution in [0.25, 0.3) is 98.0 Å². The molecule has 0 atom stereocenters. The average Bonchev–Trinajstić information content (AvgIpc) is 3.28. The highest BCUT2D eigenvalue weighted by Gasteiger charge is 2.21. The molecule has 212 valence electrons. The lowest BCUT2D eigenvalue weighted by atomic mass is 9.81. The van der Waals surface area contributed by atoms with Crippen molar-refractivity contribution in [2.45, 2.75) is 0 Å². The van der Waals surface area contributed by atoms with Crippen LogP contribution in [-0.4, -0.2) is 0 Å². The summed E-state index contributed by atoms with van der Waals surface area (Å²) < 4.78 is 162. The van der Waals surface area contributed by atoms with Crippen molar-refractivity contribution >= 4 is 64.6 Å². The fourth-order valence-electron chi connectivity index (χ4n) is 6.70. The normalized spacial score (nSPS) is 17.4. The quantitative estimate of drug-likeness (QED) is 0.140. The van der Waals surface area contributed by atoms with Crippen LogP contribution in [0.5, 0.6) is 0 Å². The minimum Gasteiger partial charge on any atom is -0.0622 e. The zero-order valence-corrected chi connectivity index (χ0v) is 23.8. The molecule has 10 aromatic rings. The second-order valence-electron chi connectivity index (χ2n) is 11.0. The predicted molar refractivity (Wildman–Crippen MR) is 199 cm³/mol. The molecule has 0 saturated carbocycles. The summed E-state index contributed by atoms with van der Waals surface area (Å²) in [7, 11) is 0. The Morgan fingerprint density at radius 1 is 0.326 bits per heavy atom. The molecular weight excluding hydrogens is 553 g/mol. The molecule has 46 heavy (non-hydrogen) atoms. The Hall–Kier alpha value is -5.98. The molecule has 0 amide bonds. The van der Waals surface area contributed by atoms with Gasteiger partial charge in [-0.05, 0) is 104 Å². The third-order valence-electron chi connectivity index (χ3n) is 8.60. The largest absolute Gasteiger partial charge is 0.0636 e. The van der Waals surface area contributed by atoms with Crippen molar-refractivity contribution in [3.05, 3.63) is 169 Å². The molecule has 10 rings (SSSR count). The van der Waals surface area contributed by atoms with E-state index in [4.69, 9.17) is 16.4 Å². The Morgan fingerprint density at radius 2 is 0.957 bits per heavy atom. The van der Waals surface area contributed by atoms with Crippen molar-refractivity contribution in [1.82, 2.24) is 0 Å². The molecule has 10 aromatic carbocycles. The summed E-state index contributed by atoms with van der Waals surface area (Å²) in [5, 5.41) is 2.00. The topological polar surface area (TPSA) is 0 Å². The second kappa shape index (κ2) is 9.76. The van der Waals surface area contributed by atoms with Gasteiger partial charge in [0.2, 0.25) is 0 Å². The van der Waals surface area contributed by atoms with Gasteiger partial charge in [-0.1, -0.05) is 163 Å². The summed E-state index contributed by atoms with van der Waals surface area (Å²) in [5.41, 5.74) is -0.666.